The first-order chi connectivity index (χ1) is 8.17. The van der Waals surface area contributed by atoms with Crippen molar-refractivity contribution >= 4 is 11.8 Å². The van der Waals surface area contributed by atoms with Crippen LogP contribution in [0.3, 0.4) is 0 Å². The Balaban J connectivity index is 2.60. The normalized spacial score (nSPS) is 11.5. The lowest BCUT2D eigenvalue weighted by Gasteiger charge is -2.14. The molecule has 0 aliphatic carbocycles. The number of carbonyl (C=O) groups is 1. The summed E-state index contributed by atoms with van der Waals surface area (Å²) in [6, 6.07) is 3.48. The number of aromatic nitrogens is 2. The molecule has 0 saturated carbocycles. The molecule has 1 atom stereocenters. The van der Waals surface area contributed by atoms with Crippen LogP contribution in [0.4, 0.5) is 5.82 Å². The van der Waals surface area contributed by atoms with Crippen molar-refractivity contribution < 1.29 is 14.6 Å². The molecule has 0 aromatic carbocycles. The number of ether oxygens (including phenoxy) is 1. The Morgan fingerprint density at radius 1 is 1.76 bits per heavy atom. The first kappa shape index (κ1) is 12.9. The van der Waals surface area contributed by atoms with Gasteiger partial charge in [-0.3, -0.25) is 4.79 Å². The highest BCUT2D eigenvalue weighted by molar-refractivity contribution is 5.67. The zero-order valence-corrected chi connectivity index (χ0v) is 9.25. The molecule has 17 heavy (non-hydrogen) atoms. The van der Waals surface area contributed by atoms with Gasteiger partial charge in [0.25, 0.3) is 0 Å². The van der Waals surface area contributed by atoms with E-state index in [1.54, 1.807) is 0 Å². The lowest BCUT2D eigenvalue weighted by atomic mass is 10.2. The molecule has 0 fully saturated rings. The van der Waals surface area contributed by atoms with Gasteiger partial charge in [-0.05, 0) is 6.07 Å². The van der Waals surface area contributed by atoms with Crippen LogP contribution in [0.1, 0.15) is 12.0 Å². The van der Waals surface area contributed by atoms with Crippen LogP contribution in [-0.2, 0) is 9.53 Å². The minimum Gasteiger partial charge on any atom is -0.481 e. The highest BCUT2D eigenvalue weighted by Gasteiger charge is 2.13. The topological polar surface area (TPSA) is 108 Å². The summed E-state index contributed by atoms with van der Waals surface area (Å²) in [5, 5.41) is 27.6. The third-order valence-corrected chi connectivity index (χ3v) is 2.07. The molecule has 1 unspecified atom stereocenters. The summed E-state index contributed by atoms with van der Waals surface area (Å²) >= 11 is 0. The Morgan fingerprint density at radius 3 is 3.12 bits per heavy atom. The van der Waals surface area contributed by atoms with Crippen molar-refractivity contribution in [3.63, 3.8) is 0 Å². The summed E-state index contributed by atoms with van der Waals surface area (Å²) in [7, 11) is 1.43. The van der Waals surface area contributed by atoms with Gasteiger partial charge in [0, 0.05) is 13.7 Å². The Bertz CT molecular complexity index is 430. The van der Waals surface area contributed by atoms with E-state index in [2.05, 4.69) is 15.5 Å². The summed E-state index contributed by atoms with van der Waals surface area (Å²) < 4.78 is 4.98. The number of hydrogen-bond acceptors (Lipinski definition) is 6. The van der Waals surface area contributed by atoms with E-state index in [1.807, 2.05) is 6.07 Å². The molecule has 1 aromatic heterocycles. The quantitative estimate of drug-likeness (QED) is 0.728. The van der Waals surface area contributed by atoms with Crippen molar-refractivity contribution in [2.24, 2.45) is 0 Å². The van der Waals surface area contributed by atoms with Gasteiger partial charge in [-0.15, -0.1) is 5.10 Å². The fourth-order valence-electron chi connectivity index (χ4n) is 1.20. The molecule has 0 spiro atoms. The van der Waals surface area contributed by atoms with Gasteiger partial charge in [-0.1, -0.05) is 0 Å². The van der Waals surface area contributed by atoms with Gasteiger partial charge in [-0.2, -0.15) is 10.4 Å². The van der Waals surface area contributed by atoms with Crippen LogP contribution in [0.5, 0.6) is 0 Å². The van der Waals surface area contributed by atoms with Gasteiger partial charge in [0.2, 0.25) is 0 Å². The SMILES string of the molecule is COC(CNc1nnccc1C#N)CC(=O)O. The standard InChI is InChI=1S/C10H12N4O3/c1-17-8(4-9(15)16)6-12-10-7(5-11)2-3-13-14-10/h2-3,8H,4,6H2,1H3,(H,12,14)(H,15,16). The molecule has 0 aliphatic rings. The van der Waals surface area contributed by atoms with E-state index in [-0.39, 0.29) is 13.0 Å². The lowest BCUT2D eigenvalue weighted by Crippen LogP contribution is -2.25. The average Bonchev–Trinajstić information content (AvgIpc) is 2.34. The van der Waals surface area contributed by atoms with E-state index in [0.29, 0.717) is 11.4 Å². The number of rotatable bonds is 6. The number of carboxylic acid groups (broad SMARTS) is 1. The highest BCUT2D eigenvalue weighted by atomic mass is 16.5. The zero-order chi connectivity index (χ0) is 12.7. The van der Waals surface area contributed by atoms with Crippen LogP contribution in [-0.4, -0.2) is 41.0 Å². The number of hydrogen-bond donors (Lipinski definition) is 2. The maximum atomic E-state index is 10.5. The number of carboxylic acids is 1. The zero-order valence-electron chi connectivity index (χ0n) is 9.25. The molecular formula is C10H12N4O3. The van der Waals surface area contributed by atoms with Crippen LogP contribution in [0.15, 0.2) is 12.3 Å². The van der Waals surface area contributed by atoms with E-state index in [4.69, 9.17) is 15.1 Å². The van der Waals surface area contributed by atoms with Gasteiger partial charge >= 0.3 is 5.97 Å². The van der Waals surface area contributed by atoms with Crippen molar-refractivity contribution in [1.29, 1.82) is 5.26 Å². The number of aliphatic carboxylic acids is 1. The van der Waals surface area contributed by atoms with Crippen LogP contribution < -0.4 is 5.32 Å². The number of nitrogens with zero attached hydrogens (tertiary/aromatic N) is 3. The van der Waals surface area contributed by atoms with Gasteiger partial charge in [0.05, 0.1) is 24.3 Å². The predicted octanol–water partition coefficient (Wildman–Crippen LogP) is 0.250. The minimum absolute atomic E-state index is 0.119. The van der Waals surface area contributed by atoms with Crippen molar-refractivity contribution in [3.8, 4) is 6.07 Å². The van der Waals surface area contributed by atoms with Crippen LogP contribution >= 0.6 is 0 Å². The molecule has 1 heterocycles. The van der Waals surface area contributed by atoms with E-state index >= 15 is 0 Å². The molecule has 2 N–H and O–H groups in total. The summed E-state index contributed by atoms with van der Waals surface area (Å²) in [6.45, 7) is 0.246. The number of methoxy groups -OCH3 is 1. The Labute approximate surface area is 98.0 Å². The molecular weight excluding hydrogens is 224 g/mol. The molecule has 0 amide bonds. The van der Waals surface area contributed by atoms with Gasteiger partial charge in [0.1, 0.15) is 6.07 Å². The second-order valence-electron chi connectivity index (χ2n) is 3.24. The van der Waals surface area contributed by atoms with Crippen molar-refractivity contribution in [2.75, 3.05) is 19.0 Å². The summed E-state index contributed by atoms with van der Waals surface area (Å²) in [4.78, 5) is 10.5. The maximum Gasteiger partial charge on any atom is 0.306 e. The van der Waals surface area contributed by atoms with Crippen LogP contribution in [0.2, 0.25) is 0 Å². The first-order valence-corrected chi connectivity index (χ1v) is 4.87. The molecule has 0 saturated heterocycles. The molecule has 0 radical (unpaired) electrons. The van der Waals surface area contributed by atoms with E-state index in [9.17, 15) is 4.79 Å². The molecule has 7 nitrogen and oxygen atoms in total. The highest BCUT2D eigenvalue weighted by Crippen LogP contribution is 2.09. The largest absolute Gasteiger partial charge is 0.481 e. The lowest BCUT2D eigenvalue weighted by molar-refractivity contribution is -0.139. The van der Waals surface area contributed by atoms with E-state index in [1.165, 1.54) is 19.4 Å². The first-order valence-electron chi connectivity index (χ1n) is 4.87. The van der Waals surface area contributed by atoms with Gasteiger partial charge in [-0.25, -0.2) is 0 Å². The van der Waals surface area contributed by atoms with Crippen LogP contribution in [0, 0.1) is 11.3 Å². The molecule has 7 heteroatoms. The van der Waals surface area contributed by atoms with Crippen molar-refractivity contribution in [3.05, 3.63) is 17.8 Å². The maximum absolute atomic E-state index is 10.5. The number of nitriles is 1. The monoisotopic (exact) mass is 236 g/mol. The third-order valence-electron chi connectivity index (χ3n) is 2.07. The fourth-order valence-corrected chi connectivity index (χ4v) is 1.20. The van der Waals surface area contributed by atoms with E-state index < -0.39 is 12.1 Å². The fraction of sp³-hybridized carbons (Fsp3) is 0.400. The minimum atomic E-state index is -0.946. The molecule has 0 aliphatic heterocycles. The summed E-state index contributed by atoms with van der Waals surface area (Å²) in [5.74, 6) is -0.624. The van der Waals surface area contributed by atoms with Crippen molar-refractivity contribution in [1.82, 2.24) is 10.2 Å². The predicted molar refractivity (Wildman–Crippen MR) is 58.3 cm³/mol. The van der Waals surface area contributed by atoms with Crippen LogP contribution in [0.25, 0.3) is 0 Å². The Kier molecular flexibility index (Phi) is 4.84. The van der Waals surface area contributed by atoms with E-state index in [0.717, 1.165) is 0 Å². The molecule has 0 bridgehead atoms. The molecule has 90 valence electrons. The Hall–Kier alpha value is -2.20. The van der Waals surface area contributed by atoms with Gasteiger partial charge in [0.15, 0.2) is 5.82 Å². The Morgan fingerprint density at radius 2 is 2.53 bits per heavy atom. The van der Waals surface area contributed by atoms with Crippen molar-refractivity contribution in [2.45, 2.75) is 12.5 Å². The molecule has 1 aromatic rings. The average molecular weight is 236 g/mol. The summed E-state index contributed by atoms with van der Waals surface area (Å²) in [5.41, 5.74) is 0.352. The number of nitrogens with one attached hydrogen (secondary N) is 1. The van der Waals surface area contributed by atoms with Gasteiger partial charge < -0.3 is 15.2 Å². The molecule has 1 rings (SSSR count). The second-order valence-corrected chi connectivity index (χ2v) is 3.24. The second kappa shape index (κ2) is 6.40. The smallest absolute Gasteiger partial charge is 0.306 e. The summed E-state index contributed by atoms with van der Waals surface area (Å²) in [6.07, 6.45) is 0.807. The third kappa shape index (κ3) is 4.04. The number of anilines is 1.